The lowest BCUT2D eigenvalue weighted by Crippen LogP contribution is -2.40. The summed E-state index contributed by atoms with van der Waals surface area (Å²) in [6, 6.07) is 14.1. The van der Waals surface area contributed by atoms with Crippen molar-refractivity contribution in [2.75, 3.05) is 27.3 Å². The second-order valence-corrected chi connectivity index (χ2v) is 9.24. The van der Waals surface area contributed by atoms with Gasteiger partial charge in [-0.1, -0.05) is 37.3 Å². The van der Waals surface area contributed by atoms with E-state index in [1.54, 1.807) is 14.0 Å². The van der Waals surface area contributed by atoms with Crippen LogP contribution in [0.15, 0.2) is 42.5 Å². The number of benzene rings is 2. The van der Waals surface area contributed by atoms with Crippen LogP contribution in [0, 0.1) is 5.41 Å². The molecule has 176 valence electrons. The van der Waals surface area contributed by atoms with Crippen LogP contribution < -0.4 is 9.47 Å². The molecule has 1 aliphatic carbocycles. The number of ether oxygens (including phenoxy) is 3. The zero-order valence-corrected chi connectivity index (χ0v) is 19.5. The van der Waals surface area contributed by atoms with Gasteiger partial charge in [-0.15, -0.1) is 0 Å². The molecule has 2 aliphatic rings. The number of amides is 1. The molecule has 1 amide bonds. The second kappa shape index (κ2) is 9.06. The number of aliphatic hydroxyl groups is 1. The molecule has 1 aliphatic heterocycles. The Kier molecular flexibility index (Phi) is 6.34. The number of carbonyl (C=O) groups is 2. The first-order valence-electron chi connectivity index (χ1n) is 11.2. The molecule has 3 unspecified atom stereocenters. The number of carbonyl (C=O) groups excluding carboxylic acids is 2. The van der Waals surface area contributed by atoms with Gasteiger partial charge in [0.25, 0.3) is 0 Å². The summed E-state index contributed by atoms with van der Waals surface area (Å²) in [6.07, 6.45) is 0.976. The maximum Gasteiger partial charge on any atom is 0.396 e. The third-order valence-electron chi connectivity index (χ3n) is 7.23. The minimum Gasteiger partial charge on any atom is -0.493 e. The van der Waals surface area contributed by atoms with Gasteiger partial charge in [0.2, 0.25) is 0 Å². The van der Waals surface area contributed by atoms with Gasteiger partial charge in [0.15, 0.2) is 11.5 Å². The molecule has 0 radical (unpaired) electrons. The molecule has 2 aromatic carbocycles. The molecule has 1 saturated heterocycles. The SMILES string of the molecule is COC(=O)C(=O)N1CC(c2ccc(OC)c(OC3Cc4ccccc4C3)c2)C(C)(C(C)O)C1. The van der Waals surface area contributed by atoms with E-state index < -0.39 is 23.4 Å². The number of hydrogen-bond donors (Lipinski definition) is 1. The van der Waals surface area contributed by atoms with Crippen molar-refractivity contribution < 1.29 is 28.9 Å². The second-order valence-electron chi connectivity index (χ2n) is 9.24. The predicted molar refractivity (Wildman–Crippen MR) is 122 cm³/mol. The van der Waals surface area contributed by atoms with Crippen molar-refractivity contribution in [3.63, 3.8) is 0 Å². The molecule has 2 aromatic rings. The topological polar surface area (TPSA) is 85.3 Å². The minimum absolute atomic E-state index is 0.00989. The van der Waals surface area contributed by atoms with Gasteiger partial charge in [-0.2, -0.15) is 0 Å². The van der Waals surface area contributed by atoms with E-state index in [9.17, 15) is 14.7 Å². The number of likely N-dealkylation sites (tertiary alicyclic amines) is 1. The Morgan fingerprint density at radius 3 is 2.33 bits per heavy atom. The van der Waals surface area contributed by atoms with E-state index in [2.05, 4.69) is 16.9 Å². The average molecular weight is 454 g/mol. The maximum absolute atomic E-state index is 12.5. The molecule has 7 heteroatoms. The first-order chi connectivity index (χ1) is 15.8. The fourth-order valence-corrected chi connectivity index (χ4v) is 5.08. The molecule has 1 heterocycles. The van der Waals surface area contributed by atoms with Crippen molar-refractivity contribution in [3.05, 3.63) is 59.2 Å². The van der Waals surface area contributed by atoms with Gasteiger partial charge in [-0.25, -0.2) is 4.79 Å². The van der Waals surface area contributed by atoms with Gasteiger partial charge in [0, 0.05) is 37.3 Å². The molecule has 3 atom stereocenters. The summed E-state index contributed by atoms with van der Waals surface area (Å²) in [4.78, 5) is 25.8. The molecule has 0 aromatic heterocycles. The van der Waals surface area contributed by atoms with Crippen LogP contribution in [-0.2, 0) is 27.2 Å². The summed E-state index contributed by atoms with van der Waals surface area (Å²) < 4.78 is 16.6. The third kappa shape index (κ3) is 4.29. The smallest absolute Gasteiger partial charge is 0.396 e. The third-order valence-corrected chi connectivity index (χ3v) is 7.23. The monoisotopic (exact) mass is 453 g/mol. The van der Waals surface area contributed by atoms with Crippen LogP contribution in [0.5, 0.6) is 11.5 Å². The Morgan fingerprint density at radius 2 is 1.76 bits per heavy atom. The van der Waals surface area contributed by atoms with Gasteiger partial charge in [0.1, 0.15) is 6.10 Å². The standard InChI is InChI=1S/C26H31NO6/c1-16(28)26(2)15-27(24(29)25(30)32-4)14-21(26)19-9-10-22(31-3)23(13-19)33-20-11-17-7-5-6-8-18(17)12-20/h5-10,13,16,20-21,28H,11-12,14-15H2,1-4H3. The van der Waals surface area contributed by atoms with Crippen molar-refractivity contribution in [1.29, 1.82) is 0 Å². The van der Waals surface area contributed by atoms with Crippen LogP contribution in [0.3, 0.4) is 0 Å². The molecule has 4 rings (SSSR count). The Morgan fingerprint density at radius 1 is 1.09 bits per heavy atom. The minimum atomic E-state index is -0.900. The van der Waals surface area contributed by atoms with Crippen LogP contribution >= 0.6 is 0 Å². The number of aliphatic hydroxyl groups excluding tert-OH is 1. The largest absolute Gasteiger partial charge is 0.493 e. The van der Waals surface area contributed by atoms with Crippen LogP contribution in [-0.4, -0.2) is 61.4 Å². The molecule has 1 fully saturated rings. The molecular formula is C26H31NO6. The summed E-state index contributed by atoms with van der Waals surface area (Å²) in [5, 5.41) is 10.6. The average Bonchev–Trinajstić information content (AvgIpc) is 3.39. The lowest BCUT2D eigenvalue weighted by molar-refractivity contribution is -0.157. The van der Waals surface area contributed by atoms with Crippen molar-refractivity contribution in [1.82, 2.24) is 4.90 Å². The molecule has 0 bridgehead atoms. The van der Waals surface area contributed by atoms with E-state index in [4.69, 9.17) is 9.47 Å². The maximum atomic E-state index is 12.5. The summed E-state index contributed by atoms with van der Waals surface area (Å²) >= 11 is 0. The number of esters is 1. The Bertz CT molecular complexity index is 1030. The summed E-state index contributed by atoms with van der Waals surface area (Å²) in [5.41, 5.74) is 2.88. The van der Waals surface area contributed by atoms with Gasteiger partial charge >= 0.3 is 11.9 Å². The van der Waals surface area contributed by atoms with E-state index in [1.165, 1.54) is 23.1 Å². The van der Waals surface area contributed by atoms with Crippen molar-refractivity contribution in [2.45, 2.75) is 44.8 Å². The van der Waals surface area contributed by atoms with Crippen molar-refractivity contribution >= 4 is 11.9 Å². The van der Waals surface area contributed by atoms with E-state index in [-0.39, 0.29) is 18.6 Å². The number of nitrogens with zero attached hydrogens (tertiary/aromatic N) is 1. The number of methoxy groups -OCH3 is 2. The van der Waals surface area contributed by atoms with Gasteiger partial charge < -0.3 is 24.2 Å². The number of fused-ring (bicyclic) bond motifs is 1. The van der Waals surface area contributed by atoms with Gasteiger partial charge in [0.05, 0.1) is 20.3 Å². The van der Waals surface area contributed by atoms with Crippen molar-refractivity contribution in [2.24, 2.45) is 5.41 Å². The van der Waals surface area contributed by atoms with E-state index >= 15 is 0 Å². The molecule has 0 saturated carbocycles. The van der Waals surface area contributed by atoms with Crippen LogP contribution in [0.2, 0.25) is 0 Å². The Balaban J connectivity index is 1.61. The highest BCUT2D eigenvalue weighted by Gasteiger charge is 2.49. The zero-order chi connectivity index (χ0) is 23.8. The highest BCUT2D eigenvalue weighted by atomic mass is 16.5. The summed E-state index contributed by atoms with van der Waals surface area (Å²) in [7, 11) is 2.80. The van der Waals surface area contributed by atoms with E-state index in [0.29, 0.717) is 18.0 Å². The lowest BCUT2D eigenvalue weighted by Gasteiger charge is -2.34. The Labute approximate surface area is 194 Å². The normalized spacial score (nSPS) is 23.2. The van der Waals surface area contributed by atoms with Crippen LogP contribution in [0.1, 0.15) is 36.5 Å². The first-order valence-corrected chi connectivity index (χ1v) is 11.2. The fourth-order valence-electron chi connectivity index (χ4n) is 5.08. The zero-order valence-electron chi connectivity index (χ0n) is 19.5. The van der Waals surface area contributed by atoms with Gasteiger partial charge in [-0.05, 0) is 35.7 Å². The number of hydrogen-bond acceptors (Lipinski definition) is 6. The highest BCUT2D eigenvalue weighted by Crippen LogP contribution is 2.47. The predicted octanol–water partition coefficient (Wildman–Crippen LogP) is 2.73. The lowest BCUT2D eigenvalue weighted by atomic mass is 9.72. The molecular weight excluding hydrogens is 422 g/mol. The summed E-state index contributed by atoms with van der Waals surface area (Å²) in [5.74, 6) is -0.517. The number of rotatable bonds is 5. The Hall–Kier alpha value is -3.06. The molecule has 7 nitrogen and oxygen atoms in total. The van der Waals surface area contributed by atoms with Crippen LogP contribution in [0.25, 0.3) is 0 Å². The van der Waals surface area contributed by atoms with Crippen molar-refractivity contribution in [3.8, 4) is 11.5 Å². The molecule has 0 spiro atoms. The quantitative estimate of drug-likeness (QED) is 0.554. The molecule has 1 N–H and O–H groups in total. The molecule has 33 heavy (non-hydrogen) atoms. The highest BCUT2D eigenvalue weighted by molar-refractivity contribution is 6.32. The summed E-state index contributed by atoms with van der Waals surface area (Å²) in [6.45, 7) is 4.21. The van der Waals surface area contributed by atoms with Crippen LogP contribution in [0.4, 0.5) is 0 Å². The van der Waals surface area contributed by atoms with Gasteiger partial charge in [-0.3, -0.25) is 4.79 Å². The fraction of sp³-hybridized carbons (Fsp3) is 0.462. The first kappa shape index (κ1) is 23.1. The van der Waals surface area contributed by atoms with E-state index in [1.807, 2.05) is 37.3 Å². The van der Waals surface area contributed by atoms with E-state index in [0.717, 1.165) is 18.4 Å².